The summed E-state index contributed by atoms with van der Waals surface area (Å²) in [5, 5.41) is 2.40. The molecule has 0 fully saturated rings. The van der Waals surface area contributed by atoms with Crippen molar-refractivity contribution in [3.8, 4) is 0 Å². The predicted molar refractivity (Wildman–Crippen MR) is 66.0 cm³/mol. The van der Waals surface area contributed by atoms with Gasteiger partial charge in [-0.25, -0.2) is 8.78 Å². The van der Waals surface area contributed by atoms with E-state index in [9.17, 15) is 13.6 Å². The van der Waals surface area contributed by atoms with Crippen molar-refractivity contribution in [3.05, 3.63) is 29.3 Å². The Bertz CT molecular complexity index is 378. The van der Waals surface area contributed by atoms with E-state index >= 15 is 0 Å². The number of anilines is 1. The zero-order valence-corrected chi connectivity index (χ0v) is 10.7. The molecule has 1 rings (SSSR count). The van der Waals surface area contributed by atoms with Gasteiger partial charge in [0.15, 0.2) is 5.82 Å². The monoisotopic (exact) mass is 243 g/mol. The first kappa shape index (κ1) is 15.6. The van der Waals surface area contributed by atoms with Crippen LogP contribution in [0.15, 0.2) is 12.1 Å². The number of carbonyl (C=O) groups is 1. The van der Waals surface area contributed by atoms with Crippen LogP contribution in [0.2, 0.25) is 0 Å². The lowest BCUT2D eigenvalue weighted by atomic mass is 10.2. The van der Waals surface area contributed by atoms with Crippen LogP contribution in [-0.4, -0.2) is 5.91 Å². The van der Waals surface area contributed by atoms with E-state index in [4.69, 9.17) is 0 Å². The van der Waals surface area contributed by atoms with Crippen LogP contribution in [0.4, 0.5) is 14.5 Å². The molecular weight excluding hydrogens is 224 g/mol. The molecule has 0 aliphatic rings. The second-order valence-corrected chi connectivity index (χ2v) is 3.33. The predicted octanol–water partition coefficient (Wildman–Crippen LogP) is 4.04. The second kappa shape index (κ2) is 7.76. The van der Waals surface area contributed by atoms with Crippen molar-refractivity contribution in [1.82, 2.24) is 0 Å². The molecule has 1 amide bonds. The molecule has 1 aromatic rings. The van der Waals surface area contributed by atoms with Gasteiger partial charge in [-0.05, 0) is 25.5 Å². The molecule has 0 saturated heterocycles. The highest BCUT2D eigenvalue weighted by Gasteiger charge is 2.11. The number of nitrogens with one attached hydrogen (secondary N) is 1. The second-order valence-electron chi connectivity index (χ2n) is 3.33. The fraction of sp³-hybridized carbons (Fsp3) is 0.462. The van der Waals surface area contributed by atoms with Crippen molar-refractivity contribution in [2.45, 2.75) is 40.5 Å². The molecule has 0 aliphatic heterocycles. The van der Waals surface area contributed by atoms with E-state index in [0.29, 0.717) is 12.8 Å². The Morgan fingerprint density at radius 1 is 1.29 bits per heavy atom. The van der Waals surface area contributed by atoms with Crippen molar-refractivity contribution in [2.24, 2.45) is 0 Å². The lowest BCUT2D eigenvalue weighted by Crippen LogP contribution is -2.12. The van der Waals surface area contributed by atoms with E-state index in [2.05, 4.69) is 5.32 Å². The highest BCUT2D eigenvalue weighted by molar-refractivity contribution is 5.90. The number of hydrogen-bond acceptors (Lipinski definition) is 1. The van der Waals surface area contributed by atoms with Gasteiger partial charge < -0.3 is 5.32 Å². The van der Waals surface area contributed by atoms with E-state index in [0.717, 1.165) is 6.07 Å². The van der Waals surface area contributed by atoms with Gasteiger partial charge in [-0.15, -0.1) is 0 Å². The summed E-state index contributed by atoms with van der Waals surface area (Å²) in [4.78, 5) is 11.2. The van der Waals surface area contributed by atoms with Crippen LogP contribution in [0.25, 0.3) is 0 Å². The molecule has 0 radical (unpaired) electrons. The van der Waals surface area contributed by atoms with Gasteiger partial charge in [0.1, 0.15) is 5.82 Å². The van der Waals surface area contributed by atoms with Gasteiger partial charge in [0.25, 0.3) is 0 Å². The first-order valence-electron chi connectivity index (χ1n) is 5.80. The van der Waals surface area contributed by atoms with Crippen molar-refractivity contribution in [3.63, 3.8) is 0 Å². The lowest BCUT2D eigenvalue weighted by Gasteiger charge is -2.07. The minimum Gasteiger partial charge on any atom is -0.324 e. The van der Waals surface area contributed by atoms with E-state index in [1.165, 1.54) is 13.0 Å². The number of carbonyl (C=O) groups excluding carboxylic acids is 1. The number of rotatable bonds is 3. The van der Waals surface area contributed by atoms with E-state index < -0.39 is 11.6 Å². The van der Waals surface area contributed by atoms with Crippen LogP contribution in [-0.2, 0) is 4.79 Å². The van der Waals surface area contributed by atoms with Crippen LogP contribution < -0.4 is 5.32 Å². The largest absolute Gasteiger partial charge is 0.324 e. The molecule has 0 aromatic heterocycles. The number of benzene rings is 1. The van der Waals surface area contributed by atoms with E-state index in [1.54, 1.807) is 0 Å². The minimum atomic E-state index is -0.709. The maximum atomic E-state index is 13.4. The van der Waals surface area contributed by atoms with Gasteiger partial charge >= 0.3 is 0 Å². The first-order chi connectivity index (χ1) is 8.06. The Morgan fingerprint density at radius 3 is 2.41 bits per heavy atom. The molecule has 2 nitrogen and oxygen atoms in total. The number of hydrogen-bond donors (Lipinski definition) is 1. The van der Waals surface area contributed by atoms with Gasteiger partial charge in [0.2, 0.25) is 5.91 Å². The lowest BCUT2D eigenvalue weighted by molar-refractivity contribution is -0.116. The molecule has 1 N–H and O–H groups in total. The van der Waals surface area contributed by atoms with Crippen molar-refractivity contribution in [1.29, 1.82) is 0 Å². The molecule has 4 heteroatoms. The number of halogens is 2. The van der Waals surface area contributed by atoms with Crippen LogP contribution in [0.1, 0.15) is 39.2 Å². The maximum absolute atomic E-state index is 13.4. The molecule has 96 valence electrons. The quantitative estimate of drug-likeness (QED) is 0.853. The summed E-state index contributed by atoms with van der Waals surface area (Å²) < 4.78 is 26.3. The third kappa shape index (κ3) is 4.51. The van der Waals surface area contributed by atoms with Crippen LogP contribution in [0, 0.1) is 18.6 Å². The van der Waals surface area contributed by atoms with Crippen molar-refractivity contribution < 1.29 is 13.6 Å². The fourth-order valence-corrected chi connectivity index (χ4v) is 1.20. The minimum absolute atomic E-state index is 0.0346. The third-order valence-corrected chi connectivity index (χ3v) is 2.07. The normalized spacial score (nSPS) is 9.29. The summed E-state index contributed by atoms with van der Waals surface area (Å²) in [7, 11) is 0. The summed E-state index contributed by atoms with van der Waals surface area (Å²) in [6.07, 6.45) is 1.02. The van der Waals surface area contributed by atoms with Crippen molar-refractivity contribution in [2.75, 3.05) is 5.32 Å². The van der Waals surface area contributed by atoms with Gasteiger partial charge in [0.05, 0.1) is 5.69 Å². The number of amides is 1. The molecule has 1 aromatic carbocycles. The SMILES string of the molecule is CC.CCCC(=O)Nc1ccc(F)c(C)c1F. The summed E-state index contributed by atoms with van der Waals surface area (Å²) >= 11 is 0. The maximum Gasteiger partial charge on any atom is 0.224 e. The van der Waals surface area contributed by atoms with Crippen LogP contribution in [0.5, 0.6) is 0 Å². The van der Waals surface area contributed by atoms with E-state index in [-0.39, 0.29) is 17.2 Å². The molecule has 17 heavy (non-hydrogen) atoms. The summed E-state index contributed by atoms with van der Waals surface area (Å²) in [6, 6.07) is 2.37. The average molecular weight is 243 g/mol. The van der Waals surface area contributed by atoms with Gasteiger partial charge in [-0.1, -0.05) is 20.8 Å². The topological polar surface area (TPSA) is 29.1 Å². The Balaban J connectivity index is 0.00000121. The molecule has 0 aliphatic carbocycles. The van der Waals surface area contributed by atoms with Gasteiger partial charge in [0, 0.05) is 12.0 Å². The van der Waals surface area contributed by atoms with Crippen molar-refractivity contribution >= 4 is 11.6 Å². The van der Waals surface area contributed by atoms with E-state index in [1.807, 2.05) is 20.8 Å². The fourth-order valence-electron chi connectivity index (χ4n) is 1.20. The smallest absolute Gasteiger partial charge is 0.224 e. The molecule has 0 heterocycles. The molecule has 0 spiro atoms. The molecule has 0 saturated carbocycles. The highest BCUT2D eigenvalue weighted by atomic mass is 19.1. The highest BCUT2D eigenvalue weighted by Crippen LogP contribution is 2.20. The zero-order chi connectivity index (χ0) is 13.4. The summed E-state index contributed by atoms with van der Waals surface area (Å²) in [6.45, 7) is 7.19. The summed E-state index contributed by atoms with van der Waals surface area (Å²) in [5.74, 6) is -1.58. The molecule has 0 unspecified atom stereocenters. The zero-order valence-electron chi connectivity index (χ0n) is 10.7. The Hall–Kier alpha value is -1.45. The van der Waals surface area contributed by atoms with Gasteiger partial charge in [-0.3, -0.25) is 4.79 Å². The Morgan fingerprint density at radius 2 is 1.88 bits per heavy atom. The van der Waals surface area contributed by atoms with Crippen LogP contribution in [0.3, 0.4) is 0 Å². The molecule has 0 bridgehead atoms. The Kier molecular flexibility index (Phi) is 7.10. The third-order valence-electron chi connectivity index (χ3n) is 2.07. The van der Waals surface area contributed by atoms with Crippen LogP contribution >= 0.6 is 0 Å². The van der Waals surface area contributed by atoms with Gasteiger partial charge in [-0.2, -0.15) is 0 Å². The standard InChI is InChI=1S/C11H13F2NO.C2H6/c1-3-4-10(15)14-9-6-5-8(12)7(2)11(9)13;1-2/h5-6H,3-4H2,1-2H3,(H,14,15);1-2H3. The average Bonchev–Trinajstić information content (AvgIpc) is 2.33. The molecule has 0 atom stereocenters. The first-order valence-corrected chi connectivity index (χ1v) is 5.80. The summed E-state index contributed by atoms with van der Waals surface area (Å²) in [5.41, 5.74) is -0.0448. The molecular formula is C13H19F2NO. The Labute approximate surface area is 101 Å².